The smallest absolute Gasteiger partial charge is 0.0578 e. The summed E-state index contributed by atoms with van der Waals surface area (Å²) in [7, 11) is 0. The number of hydrogen-bond acceptors (Lipinski definition) is 1. The average Bonchev–Trinajstić information content (AvgIpc) is 2.11. The van der Waals surface area contributed by atoms with Crippen molar-refractivity contribution >= 4 is 0 Å². The van der Waals surface area contributed by atoms with Crippen LogP contribution in [0.1, 0.15) is 23.6 Å². The third-order valence-electron chi connectivity index (χ3n) is 2.00. The highest BCUT2D eigenvalue weighted by atomic mass is 14.8. The van der Waals surface area contributed by atoms with E-state index in [4.69, 9.17) is 0 Å². The second kappa shape index (κ2) is 5.47. The quantitative estimate of drug-likeness (QED) is 0.566. The summed E-state index contributed by atoms with van der Waals surface area (Å²) in [6.07, 6.45) is 0. The lowest BCUT2D eigenvalue weighted by Crippen LogP contribution is -2.13. The van der Waals surface area contributed by atoms with Gasteiger partial charge in [-0.15, -0.1) is 5.92 Å². The molecule has 74 valence electrons. The summed E-state index contributed by atoms with van der Waals surface area (Å²) in [4.78, 5) is 0. The first-order valence-electron chi connectivity index (χ1n) is 4.90. The minimum Gasteiger partial charge on any atom is -0.302 e. The summed E-state index contributed by atoms with van der Waals surface area (Å²) < 4.78 is 0. The summed E-state index contributed by atoms with van der Waals surface area (Å²) in [6, 6.07) is 6.61. The SMILES string of the molecule is CC#CCNCc1cc(C)cc(C)c1. The van der Waals surface area contributed by atoms with Gasteiger partial charge in [-0.1, -0.05) is 35.2 Å². The first kappa shape index (κ1) is 10.8. The topological polar surface area (TPSA) is 12.0 Å². The molecule has 1 aromatic rings. The molecule has 0 spiro atoms. The third kappa shape index (κ3) is 3.64. The molecule has 0 aliphatic carbocycles. The van der Waals surface area contributed by atoms with Crippen molar-refractivity contribution in [3.05, 3.63) is 34.9 Å². The molecule has 0 saturated carbocycles. The van der Waals surface area contributed by atoms with Gasteiger partial charge in [-0.3, -0.25) is 0 Å². The van der Waals surface area contributed by atoms with Crippen molar-refractivity contribution in [2.24, 2.45) is 0 Å². The lowest BCUT2D eigenvalue weighted by Gasteiger charge is -2.04. The Bertz CT molecular complexity index is 335. The normalized spacial score (nSPS) is 9.36. The van der Waals surface area contributed by atoms with Crippen molar-refractivity contribution in [2.45, 2.75) is 27.3 Å². The molecule has 1 aromatic carbocycles. The van der Waals surface area contributed by atoms with Crippen molar-refractivity contribution in [3.8, 4) is 11.8 Å². The van der Waals surface area contributed by atoms with Crippen LogP contribution in [0.2, 0.25) is 0 Å². The predicted octanol–water partition coefficient (Wildman–Crippen LogP) is 2.42. The molecular weight excluding hydrogens is 170 g/mol. The summed E-state index contributed by atoms with van der Waals surface area (Å²) in [5.41, 5.74) is 3.98. The van der Waals surface area contributed by atoms with E-state index in [1.165, 1.54) is 16.7 Å². The zero-order valence-electron chi connectivity index (χ0n) is 9.15. The van der Waals surface area contributed by atoms with Gasteiger partial charge in [-0.25, -0.2) is 0 Å². The summed E-state index contributed by atoms with van der Waals surface area (Å²) in [5, 5.41) is 3.28. The monoisotopic (exact) mass is 187 g/mol. The molecule has 1 heteroatoms. The van der Waals surface area contributed by atoms with Gasteiger partial charge in [-0.05, 0) is 26.3 Å². The Morgan fingerprint density at radius 3 is 2.36 bits per heavy atom. The van der Waals surface area contributed by atoms with Crippen molar-refractivity contribution in [3.63, 3.8) is 0 Å². The molecule has 0 heterocycles. The van der Waals surface area contributed by atoms with Crippen LogP contribution in [0.5, 0.6) is 0 Å². The number of aryl methyl sites for hydroxylation is 2. The van der Waals surface area contributed by atoms with E-state index >= 15 is 0 Å². The van der Waals surface area contributed by atoms with E-state index < -0.39 is 0 Å². The summed E-state index contributed by atoms with van der Waals surface area (Å²) in [5.74, 6) is 5.85. The molecule has 0 fully saturated rings. The van der Waals surface area contributed by atoms with Crippen LogP contribution in [0.3, 0.4) is 0 Å². The van der Waals surface area contributed by atoms with E-state index in [0.29, 0.717) is 0 Å². The van der Waals surface area contributed by atoms with Crippen LogP contribution >= 0.6 is 0 Å². The molecule has 1 rings (SSSR count). The fraction of sp³-hybridized carbons (Fsp3) is 0.385. The number of rotatable bonds is 3. The molecule has 0 unspecified atom stereocenters. The Morgan fingerprint density at radius 2 is 1.79 bits per heavy atom. The van der Waals surface area contributed by atoms with Crippen molar-refractivity contribution < 1.29 is 0 Å². The molecule has 0 aliphatic heterocycles. The van der Waals surface area contributed by atoms with E-state index in [1.807, 2.05) is 6.92 Å². The first-order chi connectivity index (χ1) is 6.72. The standard InChI is InChI=1S/C13H17N/c1-4-5-6-14-10-13-8-11(2)7-12(3)9-13/h7-9,14H,6,10H2,1-3H3. The third-order valence-corrected chi connectivity index (χ3v) is 2.00. The number of nitrogens with one attached hydrogen (secondary N) is 1. The minimum atomic E-state index is 0.767. The van der Waals surface area contributed by atoms with E-state index in [-0.39, 0.29) is 0 Å². The molecule has 0 saturated heterocycles. The Morgan fingerprint density at radius 1 is 1.14 bits per heavy atom. The predicted molar refractivity (Wildman–Crippen MR) is 61.1 cm³/mol. The second-order valence-corrected chi connectivity index (χ2v) is 3.53. The number of benzene rings is 1. The molecule has 0 aromatic heterocycles. The van der Waals surface area contributed by atoms with E-state index in [9.17, 15) is 0 Å². The Balaban J connectivity index is 2.53. The van der Waals surface area contributed by atoms with Crippen LogP contribution < -0.4 is 5.32 Å². The highest BCUT2D eigenvalue weighted by molar-refractivity contribution is 5.28. The van der Waals surface area contributed by atoms with Crippen LogP contribution in [0.15, 0.2) is 18.2 Å². The zero-order valence-corrected chi connectivity index (χ0v) is 9.15. The van der Waals surface area contributed by atoms with E-state index in [2.05, 4.69) is 49.2 Å². The fourth-order valence-electron chi connectivity index (χ4n) is 1.53. The molecule has 1 nitrogen and oxygen atoms in total. The molecule has 1 N–H and O–H groups in total. The van der Waals surface area contributed by atoms with Gasteiger partial charge in [0.2, 0.25) is 0 Å². The van der Waals surface area contributed by atoms with Gasteiger partial charge in [-0.2, -0.15) is 0 Å². The molecule has 0 radical (unpaired) electrons. The Labute approximate surface area is 86.5 Å². The first-order valence-corrected chi connectivity index (χ1v) is 4.90. The largest absolute Gasteiger partial charge is 0.302 e. The maximum Gasteiger partial charge on any atom is 0.0578 e. The van der Waals surface area contributed by atoms with Crippen molar-refractivity contribution in [1.29, 1.82) is 0 Å². The highest BCUT2D eigenvalue weighted by Gasteiger charge is 1.94. The maximum absolute atomic E-state index is 3.28. The van der Waals surface area contributed by atoms with Gasteiger partial charge < -0.3 is 5.32 Å². The molecule has 0 aliphatic rings. The maximum atomic E-state index is 3.28. The lowest BCUT2D eigenvalue weighted by molar-refractivity contribution is 0.768. The zero-order chi connectivity index (χ0) is 10.4. The van der Waals surface area contributed by atoms with E-state index in [0.717, 1.165) is 13.1 Å². The van der Waals surface area contributed by atoms with E-state index in [1.54, 1.807) is 0 Å². The summed E-state index contributed by atoms with van der Waals surface area (Å²) >= 11 is 0. The molecule has 0 bridgehead atoms. The minimum absolute atomic E-state index is 0.767. The Hall–Kier alpha value is -1.26. The van der Waals surface area contributed by atoms with Crippen molar-refractivity contribution in [1.82, 2.24) is 5.32 Å². The van der Waals surface area contributed by atoms with Gasteiger partial charge in [0.25, 0.3) is 0 Å². The fourth-order valence-corrected chi connectivity index (χ4v) is 1.53. The van der Waals surface area contributed by atoms with Gasteiger partial charge in [0.1, 0.15) is 0 Å². The summed E-state index contributed by atoms with van der Waals surface area (Å²) in [6.45, 7) is 7.78. The second-order valence-electron chi connectivity index (χ2n) is 3.53. The average molecular weight is 187 g/mol. The molecule has 14 heavy (non-hydrogen) atoms. The molecule has 0 atom stereocenters. The highest BCUT2D eigenvalue weighted by Crippen LogP contribution is 2.08. The van der Waals surface area contributed by atoms with Crippen LogP contribution in [0, 0.1) is 25.7 Å². The van der Waals surface area contributed by atoms with Crippen LogP contribution in [0.4, 0.5) is 0 Å². The van der Waals surface area contributed by atoms with Crippen molar-refractivity contribution in [2.75, 3.05) is 6.54 Å². The van der Waals surface area contributed by atoms with Gasteiger partial charge in [0.15, 0.2) is 0 Å². The van der Waals surface area contributed by atoms with Gasteiger partial charge in [0.05, 0.1) is 6.54 Å². The van der Waals surface area contributed by atoms with Crippen LogP contribution in [0.25, 0.3) is 0 Å². The molecular formula is C13H17N. The van der Waals surface area contributed by atoms with Gasteiger partial charge in [0, 0.05) is 6.54 Å². The van der Waals surface area contributed by atoms with Gasteiger partial charge >= 0.3 is 0 Å². The van der Waals surface area contributed by atoms with Crippen LogP contribution in [-0.2, 0) is 6.54 Å². The lowest BCUT2D eigenvalue weighted by atomic mass is 10.1. The Kier molecular flexibility index (Phi) is 4.22. The van der Waals surface area contributed by atoms with Crippen LogP contribution in [-0.4, -0.2) is 6.54 Å². The molecule has 0 amide bonds. The number of hydrogen-bond donors (Lipinski definition) is 1.